The highest BCUT2D eigenvalue weighted by Gasteiger charge is 2.30. The molecule has 6 heteroatoms. The number of hydrogen-bond donors (Lipinski definition) is 1. The number of piperidine rings is 1. The van der Waals surface area contributed by atoms with Gasteiger partial charge in [0.05, 0.1) is 19.3 Å². The van der Waals surface area contributed by atoms with E-state index in [0.29, 0.717) is 17.1 Å². The van der Waals surface area contributed by atoms with Gasteiger partial charge in [-0.25, -0.2) is 9.97 Å². The topological polar surface area (TPSA) is 50.3 Å². The Morgan fingerprint density at radius 2 is 1.96 bits per heavy atom. The summed E-state index contributed by atoms with van der Waals surface area (Å²) in [5, 5.41) is 3.76. The third-order valence-electron chi connectivity index (χ3n) is 4.88. The molecule has 24 heavy (non-hydrogen) atoms. The van der Waals surface area contributed by atoms with Crippen molar-refractivity contribution >= 4 is 23.2 Å². The summed E-state index contributed by atoms with van der Waals surface area (Å²) in [6, 6.07) is 10.5. The number of nitrogens with zero attached hydrogens (tertiary/aromatic N) is 3. The Labute approximate surface area is 147 Å². The molecule has 0 bridgehead atoms. The number of anilines is 2. The molecule has 5 nitrogen and oxygen atoms in total. The first-order valence-corrected chi connectivity index (χ1v) is 8.83. The van der Waals surface area contributed by atoms with Gasteiger partial charge in [-0.05, 0) is 61.7 Å². The van der Waals surface area contributed by atoms with Crippen molar-refractivity contribution < 1.29 is 4.74 Å². The van der Waals surface area contributed by atoms with Crippen LogP contribution in [0.4, 0.5) is 11.6 Å². The molecule has 0 saturated carbocycles. The van der Waals surface area contributed by atoms with Gasteiger partial charge in [-0.15, -0.1) is 0 Å². The van der Waals surface area contributed by atoms with Gasteiger partial charge in [0.25, 0.3) is 0 Å². The van der Waals surface area contributed by atoms with Crippen molar-refractivity contribution in [2.45, 2.75) is 24.8 Å². The molecule has 4 rings (SSSR count). The van der Waals surface area contributed by atoms with Gasteiger partial charge in [0.15, 0.2) is 0 Å². The standard InChI is InChI=1S/C18H21ClN4O/c19-16-9-14(10-18(21-16)22-17-3-1-2-6-20-17)13-4-7-23(8-5-13)15-11-24-12-15/h1-3,6,9-10,13,15H,4-5,7-8,11-12H2,(H,20,21,22). The van der Waals surface area contributed by atoms with Crippen LogP contribution in [-0.2, 0) is 4.74 Å². The van der Waals surface area contributed by atoms with Crippen LogP contribution < -0.4 is 5.32 Å². The Morgan fingerprint density at radius 3 is 2.62 bits per heavy atom. The van der Waals surface area contributed by atoms with E-state index in [1.165, 1.54) is 5.56 Å². The lowest BCUT2D eigenvalue weighted by atomic mass is 9.89. The number of pyridine rings is 2. The zero-order valence-corrected chi connectivity index (χ0v) is 14.2. The predicted molar refractivity (Wildman–Crippen MR) is 94.9 cm³/mol. The highest BCUT2D eigenvalue weighted by molar-refractivity contribution is 6.29. The normalized spacial score (nSPS) is 19.9. The first-order valence-electron chi connectivity index (χ1n) is 8.45. The summed E-state index contributed by atoms with van der Waals surface area (Å²) < 4.78 is 5.31. The van der Waals surface area contributed by atoms with Crippen LogP contribution in [0.1, 0.15) is 24.3 Å². The monoisotopic (exact) mass is 344 g/mol. The minimum absolute atomic E-state index is 0.528. The Hall–Kier alpha value is -1.69. The largest absolute Gasteiger partial charge is 0.378 e. The van der Waals surface area contributed by atoms with Gasteiger partial charge in [-0.3, -0.25) is 4.90 Å². The van der Waals surface area contributed by atoms with Crippen LogP contribution in [-0.4, -0.2) is 47.2 Å². The lowest BCUT2D eigenvalue weighted by molar-refractivity contribution is -0.0712. The summed E-state index contributed by atoms with van der Waals surface area (Å²) in [5.74, 6) is 2.07. The maximum absolute atomic E-state index is 6.25. The van der Waals surface area contributed by atoms with Crippen LogP contribution in [0, 0.1) is 0 Å². The van der Waals surface area contributed by atoms with Crippen molar-refractivity contribution in [2.24, 2.45) is 0 Å². The molecule has 2 saturated heterocycles. The molecule has 0 spiro atoms. The minimum Gasteiger partial charge on any atom is -0.378 e. The smallest absolute Gasteiger partial charge is 0.133 e. The van der Waals surface area contributed by atoms with Gasteiger partial charge in [0, 0.05) is 6.20 Å². The zero-order chi connectivity index (χ0) is 16.4. The quantitative estimate of drug-likeness (QED) is 0.861. The molecule has 2 aromatic rings. The summed E-state index contributed by atoms with van der Waals surface area (Å²) in [6.45, 7) is 4.04. The number of rotatable bonds is 4. The third kappa shape index (κ3) is 3.53. The molecule has 2 fully saturated rings. The second-order valence-electron chi connectivity index (χ2n) is 6.45. The van der Waals surface area contributed by atoms with Gasteiger partial charge < -0.3 is 10.1 Å². The van der Waals surface area contributed by atoms with E-state index in [4.69, 9.17) is 16.3 Å². The zero-order valence-electron chi connectivity index (χ0n) is 13.5. The van der Waals surface area contributed by atoms with Gasteiger partial charge in [-0.1, -0.05) is 17.7 Å². The molecule has 0 unspecified atom stereocenters. The van der Waals surface area contributed by atoms with Crippen LogP contribution in [0.25, 0.3) is 0 Å². The molecular formula is C18H21ClN4O. The van der Waals surface area contributed by atoms with Crippen LogP contribution >= 0.6 is 11.6 Å². The van der Waals surface area contributed by atoms with Crippen molar-refractivity contribution in [1.29, 1.82) is 0 Å². The number of likely N-dealkylation sites (tertiary alicyclic amines) is 1. The molecule has 0 radical (unpaired) electrons. The SMILES string of the molecule is Clc1cc(C2CCN(C3COC3)CC2)cc(Nc2ccccn2)n1. The van der Waals surface area contributed by atoms with Crippen molar-refractivity contribution in [1.82, 2.24) is 14.9 Å². The maximum atomic E-state index is 6.25. The van der Waals surface area contributed by atoms with Gasteiger partial charge in [-0.2, -0.15) is 0 Å². The fourth-order valence-corrected chi connectivity index (χ4v) is 3.63. The van der Waals surface area contributed by atoms with Crippen molar-refractivity contribution in [2.75, 3.05) is 31.6 Å². The highest BCUT2D eigenvalue weighted by atomic mass is 35.5. The number of hydrogen-bond acceptors (Lipinski definition) is 5. The summed E-state index contributed by atoms with van der Waals surface area (Å²) in [7, 11) is 0. The number of nitrogens with one attached hydrogen (secondary N) is 1. The number of ether oxygens (including phenoxy) is 1. The van der Waals surface area contributed by atoms with Crippen LogP contribution in [0.15, 0.2) is 36.5 Å². The van der Waals surface area contributed by atoms with Crippen molar-refractivity contribution in [3.05, 3.63) is 47.2 Å². The van der Waals surface area contributed by atoms with Gasteiger partial charge >= 0.3 is 0 Å². The molecule has 0 atom stereocenters. The lowest BCUT2D eigenvalue weighted by Gasteiger charge is -2.41. The second kappa shape index (κ2) is 7.05. The average Bonchev–Trinajstić information content (AvgIpc) is 2.54. The van der Waals surface area contributed by atoms with E-state index < -0.39 is 0 Å². The Bertz CT molecular complexity index is 685. The Balaban J connectivity index is 1.45. The predicted octanol–water partition coefficient (Wildman–Crippen LogP) is 3.45. The molecule has 4 heterocycles. The third-order valence-corrected chi connectivity index (χ3v) is 5.07. The van der Waals surface area contributed by atoms with Gasteiger partial charge in [0.1, 0.15) is 16.8 Å². The van der Waals surface area contributed by atoms with Crippen LogP contribution in [0.3, 0.4) is 0 Å². The van der Waals surface area contributed by atoms with E-state index in [9.17, 15) is 0 Å². The summed E-state index contributed by atoms with van der Waals surface area (Å²) in [6.07, 6.45) is 4.06. The Kier molecular flexibility index (Phi) is 4.65. The molecule has 2 aromatic heterocycles. The molecule has 2 aliphatic rings. The summed E-state index contributed by atoms with van der Waals surface area (Å²) >= 11 is 6.25. The molecule has 126 valence electrons. The fraction of sp³-hybridized carbons (Fsp3) is 0.444. The number of halogens is 1. The fourth-order valence-electron chi connectivity index (χ4n) is 3.42. The number of aromatic nitrogens is 2. The van der Waals surface area contributed by atoms with E-state index in [0.717, 1.165) is 50.8 Å². The Morgan fingerprint density at radius 1 is 1.12 bits per heavy atom. The molecule has 0 aliphatic carbocycles. The van der Waals surface area contributed by atoms with E-state index >= 15 is 0 Å². The molecular weight excluding hydrogens is 324 g/mol. The molecule has 2 aliphatic heterocycles. The molecule has 1 N–H and O–H groups in total. The van der Waals surface area contributed by atoms with Crippen molar-refractivity contribution in [3.8, 4) is 0 Å². The van der Waals surface area contributed by atoms with E-state index in [2.05, 4.69) is 26.3 Å². The second-order valence-corrected chi connectivity index (χ2v) is 6.84. The van der Waals surface area contributed by atoms with Gasteiger partial charge in [0.2, 0.25) is 0 Å². The lowest BCUT2D eigenvalue weighted by Crippen LogP contribution is -2.51. The molecule has 0 amide bonds. The van der Waals surface area contributed by atoms with Crippen molar-refractivity contribution in [3.63, 3.8) is 0 Å². The molecule has 0 aromatic carbocycles. The van der Waals surface area contributed by atoms with Crippen LogP contribution in [0.2, 0.25) is 5.15 Å². The maximum Gasteiger partial charge on any atom is 0.133 e. The highest BCUT2D eigenvalue weighted by Crippen LogP contribution is 2.32. The van der Waals surface area contributed by atoms with E-state index in [1.54, 1.807) is 6.20 Å². The van der Waals surface area contributed by atoms with E-state index in [1.807, 2.05) is 24.3 Å². The van der Waals surface area contributed by atoms with Crippen LogP contribution in [0.5, 0.6) is 0 Å². The summed E-state index contributed by atoms with van der Waals surface area (Å²) in [4.78, 5) is 11.2. The summed E-state index contributed by atoms with van der Waals surface area (Å²) in [5.41, 5.74) is 1.26. The first-order chi connectivity index (χ1) is 11.8. The minimum atomic E-state index is 0.528. The van der Waals surface area contributed by atoms with E-state index in [-0.39, 0.29) is 0 Å². The first kappa shape index (κ1) is 15.8. The average molecular weight is 345 g/mol.